The largest absolute Gasteiger partial charge is 0.353 e. The third-order valence-electron chi connectivity index (χ3n) is 4.87. The third kappa shape index (κ3) is 6.02. The minimum Gasteiger partial charge on any atom is -0.353 e. The number of hydrogen-bond acceptors (Lipinski definition) is 5. The average molecular weight is 444 g/mol. The molecular formula is C17H28Cl2FN3O3S. The molecule has 0 aliphatic carbocycles. The third-order valence-corrected chi connectivity index (χ3v) is 6.88. The van der Waals surface area contributed by atoms with Gasteiger partial charge in [-0.1, -0.05) is 12.1 Å². The highest BCUT2D eigenvalue weighted by Crippen LogP contribution is 2.28. The van der Waals surface area contributed by atoms with E-state index in [1.807, 2.05) is 19.0 Å². The number of piperidine rings is 1. The number of halogens is 3. The van der Waals surface area contributed by atoms with Gasteiger partial charge in [0.2, 0.25) is 5.91 Å². The number of nitrogens with one attached hydrogen (secondary N) is 2. The molecule has 1 saturated heterocycles. The van der Waals surface area contributed by atoms with E-state index in [0.29, 0.717) is 13.1 Å². The molecule has 27 heavy (non-hydrogen) atoms. The minimum atomic E-state index is -3.54. The van der Waals surface area contributed by atoms with Crippen LogP contribution in [0.15, 0.2) is 24.3 Å². The van der Waals surface area contributed by atoms with Crippen LogP contribution in [0, 0.1) is 5.82 Å². The standard InChI is InChI=1S/C17H26FN3O3S.2ClH/c1-21(2)15(13-4-6-14(18)7-5-13)12-20-16(22)17(25(3,23)24)8-10-19-11-9-17;;/h4-7,15,19H,8-12H2,1-3H3,(H,20,22);2*1H. The molecule has 0 aromatic heterocycles. The molecule has 0 spiro atoms. The molecule has 0 bridgehead atoms. The molecule has 1 atom stereocenters. The zero-order chi connectivity index (χ0) is 18.7. The molecule has 0 radical (unpaired) electrons. The van der Waals surface area contributed by atoms with Gasteiger partial charge < -0.3 is 15.5 Å². The van der Waals surface area contributed by atoms with E-state index in [-0.39, 0.29) is 56.1 Å². The fourth-order valence-corrected chi connectivity index (χ4v) is 4.59. The summed E-state index contributed by atoms with van der Waals surface area (Å²) in [4.78, 5) is 14.7. The summed E-state index contributed by atoms with van der Waals surface area (Å²) in [6.45, 7) is 1.24. The van der Waals surface area contributed by atoms with Gasteiger partial charge in [0.15, 0.2) is 14.6 Å². The van der Waals surface area contributed by atoms with E-state index in [2.05, 4.69) is 10.6 Å². The molecule has 2 N–H and O–H groups in total. The molecule has 1 unspecified atom stereocenters. The van der Waals surface area contributed by atoms with Crippen LogP contribution in [0.5, 0.6) is 0 Å². The van der Waals surface area contributed by atoms with Gasteiger partial charge in [-0.25, -0.2) is 12.8 Å². The normalized spacial score (nSPS) is 17.4. The second-order valence-corrected chi connectivity index (χ2v) is 9.08. The van der Waals surface area contributed by atoms with Crippen molar-refractivity contribution in [3.63, 3.8) is 0 Å². The molecule has 1 amide bonds. The molecular weight excluding hydrogens is 416 g/mol. The smallest absolute Gasteiger partial charge is 0.241 e. The summed E-state index contributed by atoms with van der Waals surface area (Å²) >= 11 is 0. The molecule has 6 nitrogen and oxygen atoms in total. The second-order valence-electron chi connectivity index (χ2n) is 6.76. The number of amides is 1. The van der Waals surface area contributed by atoms with Crippen LogP contribution < -0.4 is 10.6 Å². The average Bonchev–Trinajstić information content (AvgIpc) is 2.55. The van der Waals surface area contributed by atoms with Crippen LogP contribution in [0.2, 0.25) is 0 Å². The Morgan fingerprint density at radius 1 is 1.22 bits per heavy atom. The maximum Gasteiger partial charge on any atom is 0.241 e. The van der Waals surface area contributed by atoms with Gasteiger partial charge in [0, 0.05) is 12.8 Å². The summed E-state index contributed by atoms with van der Waals surface area (Å²) in [6, 6.07) is 5.91. The maximum atomic E-state index is 13.1. The van der Waals surface area contributed by atoms with Crippen molar-refractivity contribution in [3.8, 4) is 0 Å². The zero-order valence-electron chi connectivity index (χ0n) is 15.7. The van der Waals surface area contributed by atoms with E-state index >= 15 is 0 Å². The lowest BCUT2D eigenvalue weighted by atomic mass is 9.95. The Kier molecular flexibility index (Phi) is 10.2. The van der Waals surface area contributed by atoms with Crippen LogP contribution in [0.25, 0.3) is 0 Å². The number of likely N-dealkylation sites (N-methyl/N-ethyl adjacent to an activating group) is 1. The Balaban J connectivity index is 0.00000338. The van der Waals surface area contributed by atoms with E-state index in [4.69, 9.17) is 0 Å². The molecule has 1 aliphatic heterocycles. The Hall–Kier alpha value is -0.930. The Morgan fingerprint density at radius 2 is 1.74 bits per heavy atom. The fourth-order valence-electron chi connectivity index (χ4n) is 3.23. The van der Waals surface area contributed by atoms with Crippen LogP contribution in [0.3, 0.4) is 0 Å². The first-order valence-electron chi connectivity index (χ1n) is 8.28. The van der Waals surface area contributed by atoms with Gasteiger partial charge in [0.25, 0.3) is 0 Å². The summed E-state index contributed by atoms with van der Waals surface area (Å²) in [7, 11) is 0.176. The molecule has 1 aliphatic rings. The Morgan fingerprint density at radius 3 is 2.19 bits per heavy atom. The molecule has 10 heteroatoms. The number of carbonyl (C=O) groups is 1. The van der Waals surface area contributed by atoms with Gasteiger partial charge in [0.1, 0.15) is 5.82 Å². The van der Waals surface area contributed by atoms with Gasteiger partial charge in [-0.3, -0.25) is 4.79 Å². The molecule has 1 aromatic rings. The lowest BCUT2D eigenvalue weighted by molar-refractivity contribution is -0.124. The van der Waals surface area contributed by atoms with Crippen LogP contribution in [-0.2, 0) is 14.6 Å². The number of rotatable bonds is 6. The summed E-state index contributed by atoms with van der Waals surface area (Å²) in [5.41, 5.74) is 0.852. The van der Waals surface area contributed by atoms with Crippen molar-refractivity contribution in [3.05, 3.63) is 35.6 Å². The van der Waals surface area contributed by atoms with Crippen LogP contribution in [-0.4, -0.2) is 64.0 Å². The predicted molar refractivity (Wildman–Crippen MR) is 110 cm³/mol. The summed E-state index contributed by atoms with van der Waals surface area (Å²) in [6.07, 6.45) is 1.66. The fraction of sp³-hybridized carbons (Fsp3) is 0.588. The van der Waals surface area contributed by atoms with Gasteiger partial charge in [-0.2, -0.15) is 0 Å². The number of carbonyl (C=O) groups excluding carboxylic acids is 1. The van der Waals surface area contributed by atoms with Crippen molar-refractivity contribution in [2.75, 3.05) is 40.0 Å². The Bertz CT molecular complexity index is 709. The lowest BCUT2D eigenvalue weighted by Gasteiger charge is -2.35. The SMILES string of the molecule is CN(C)C(CNC(=O)C1(S(C)(=O)=O)CCNCC1)c1ccc(F)cc1.Cl.Cl. The summed E-state index contributed by atoms with van der Waals surface area (Å²) < 4.78 is 36.3. The van der Waals surface area contributed by atoms with Gasteiger partial charge in [-0.15, -0.1) is 24.8 Å². The quantitative estimate of drug-likeness (QED) is 0.697. The van der Waals surface area contributed by atoms with Crippen LogP contribution >= 0.6 is 24.8 Å². The first kappa shape index (κ1) is 26.1. The zero-order valence-corrected chi connectivity index (χ0v) is 18.1. The van der Waals surface area contributed by atoms with Gasteiger partial charge in [-0.05, 0) is 57.7 Å². The van der Waals surface area contributed by atoms with E-state index in [1.165, 1.54) is 12.1 Å². The molecule has 156 valence electrons. The van der Waals surface area contributed by atoms with E-state index in [0.717, 1.165) is 11.8 Å². The molecule has 1 fully saturated rings. The number of hydrogen-bond donors (Lipinski definition) is 2. The molecule has 1 heterocycles. The van der Waals surface area contributed by atoms with Crippen molar-refractivity contribution in [2.45, 2.75) is 23.6 Å². The molecule has 0 saturated carbocycles. The van der Waals surface area contributed by atoms with Crippen molar-refractivity contribution >= 4 is 40.6 Å². The highest BCUT2D eigenvalue weighted by molar-refractivity contribution is 7.92. The minimum absolute atomic E-state index is 0. The Labute approximate surface area is 173 Å². The van der Waals surface area contributed by atoms with Crippen molar-refractivity contribution in [1.29, 1.82) is 0 Å². The van der Waals surface area contributed by atoms with Crippen molar-refractivity contribution in [1.82, 2.24) is 15.5 Å². The second kappa shape index (κ2) is 10.6. The number of nitrogens with zero attached hydrogens (tertiary/aromatic N) is 1. The molecule has 2 rings (SSSR count). The van der Waals surface area contributed by atoms with E-state index in [1.54, 1.807) is 12.1 Å². The first-order chi connectivity index (χ1) is 11.7. The first-order valence-corrected chi connectivity index (χ1v) is 10.2. The van der Waals surface area contributed by atoms with Crippen molar-refractivity contribution in [2.24, 2.45) is 0 Å². The van der Waals surface area contributed by atoms with Crippen LogP contribution in [0.1, 0.15) is 24.4 Å². The highest BCUT2D eigenvalue weighted by atomic mass is 35.5. The topological polar surface area (TPSA) is 78.5 Å². The lowest BCUT2D eigenvalue weighted by Crippen LogP contribution is -2.58. The van der Waals surface area contributed by atoms with Gasteiger partial charge >= 0.3 is 0 Å². The van der Waals surface area contributed by atoms with E-state index in [9.17, 15) is 17.6 Å². The molecule has 1 aromatic carbocycles. The monoisotopic (exact) mass is 443 g/mol. The highest BCUT2D eigenvalue weighted by Gasteiger charge is 2.48. The maximum absolute atomic E-state index is 13.1. The number of sulfone groups is 1. The predicted octanol–water partition coefficient (Wildman–Crippen LogP) is 1.56. The van der Waals surface area contributed by atoms with Crippen molar-refractivity contribution < 1.29 is 17.6 Å². The number of benzene rings is 1. The van der Waals surface area contributed by atoms with Gasteiger partial charge in [0.05, 0.1) is 6.04 Å². The summed E-state index contributed by atoms with van der Waals surface area (Å²) in [5.74, 6) is -0.776. The van der Waals surface area contributed by atoms with Crippen LogP contribution in [0.4, 0.5) is 4.39 Å². The van der Waals surface area contributed by atoms with E-state index < -0.39 is 20.5 Å². The summed E-state index contributed by atoms with van der Waals surface area (Å²) in [5, 5.41) is 5.91.